The van der Waals surface area contributed by atoms with Gasteiger partial charge in [-0.25, -0.2) is 0 Å². The van der Waals surface area contributed by atoms with Crippen molar-refractivity contribution in [3.05, 3.63) is 0 Å². The second-order valence-corrected chi connectivity index (χ2v) is 2.82. The topological polar surface area (TPSA) is 49.5 Å². The molecule has 0 aromatic carbocycles. The lowest BCUT2D eigenvalue weighted by molar-refractivity contribution is 0.0284. The molecule has 0 bridgehead atoms. The van der Waals surface area contributed by atoms with Gasteiger partial charge in [-0.15, -0.1) is 0 Å². The number of nitrogens with two attached hydrogens (primary N) is 1. The van der Waals surface area contributed by atoms with E-state index in [1.165, 1.54) is 0 Å². The number of nitrogens with zero attached hydrogens (tertiary/aromatic N) is 1. The fourth-order valence-corrected chi connectivity index (χ4v) is 0.900. The molecule has 1 unspecified atom stereocenters. The molecule has 0 aliphatic heterocycles. The van der Waals surface area contributed by atoms with Crippen LogP contribution in [0.25, 0.3) is 0 Å². The van der Waals surface area contributed by atoms with E-state index in [1.807, 2.05) is 0 Å². The van der Waals surface area contributed by atoms with Gasteiger partial charge in [-0.1, -0.05) is 13.8 Å². The third kappa shape index (κ3) is 4.73. The van der Waals surface area contributed by atoms with E-state index < -0.39 is 5.72 Å². The van der Waals surface area contributed by atoms with Crippen LogP contribution in [0.15, 0.2) is 0 Å². The van der Waals surface area contributed by atoms with Crippen molar-refractivity contribution in [1.29, 1.82) is 0 Å². The predicted molar refractivity (Wildman–Crippen MR) is 42.6 cm³/mol. The van der Waals surface area contributed by atoms with Gasteiger partial charge in [0.25, 0.3) is 0 Å². The maximum absolute atomic E-state index is 9.19. The van der Waals surface area contributed by atoms with Crippen LogP contribution in [0.1, 0.15) is 20.8 Å². The van der Waals surface area contributed by atoms with Crippen molar-refractivity contribution in [2.45, 2.75) is 26.5 Å². The highest BCUT2D eigenvalue weighted by atomic mass is 16.3. The van der Waals surface area contributed by atoms with Gasteiger partial charge in [-0.05, 0) is 20.0 Å². The highest BCUT2D eigenvalue weighted by Crippen LogP contribution is 1.96. The molecule has 0 fully saturated rings. The summed E-state index contributed by atoms with van der Waals surface area (Å²) in [6.07, 6.45) is 0. The first-order valence-electron chi connectivity index (χ1n) is 3.73. The summed E-state index contributed by atoms with van der Waals surface area (Å²) in [4.78, 5) is 2.08. The van der Waals surface area contributed by atoms with Crippen molar-refractivity contribution in [1.82, 2.24) is 4.90 Å². The molecule has 1 atom stereocenters. The molecule has 0 heterocycles. The second kappa shape index (κ2) is 3.91. The average Bonchev–Trinajstić information content (AvgIpc) is 1.81. The van der Waals surface area contributed by atoms with Crippen molar-refractivity contribution in [2.24, 2.45) is 5.73 Å². The summed E-state index contributed by atoms with van der Waals surface area (Å²) in [5.41, 5.74) is 4.35. The number of aliphatic hydroxyl groups is 1. The van der Waals surface area contributed by atoms with Gasteiger partial charge in [0, 0.05) is 6.54 Å². The van der Waals surface area contributed by atoms with Crippen LogP contribution >= 0.6 is 0 Å². The van der Waals surface area contributed by atoms with Crippen LogP contribution in [0.3, 0.4) is 0 Å². The Labute approximate surface area is 62.8 Å². The normalized spacial score (nSPS) is 17.4. The van der Waals surface area contributed by atoms with Crippen molar-refractivity contribution in [3.63, 3.8) is 0 Å². The molecule has 0 spiro atoms. The molecule has 0 aromatic rings. The van der Waals surface area contributed by atoms with Gasteiger partial charge in [-0.3, -0.25) is 4.90 Å². The highest BCUT2D eigenvalue weighted by molar-refractivity contribution is 4.68. The third-order valence-corrected chi connectivity index (χ3v) is 1.44. The first kappa shape index (κ1) is 9.88. The largest absolute Gasteiger partial charge is 0.375 e. The van der Waals surface area contributed by atoms with Gasteiger partial charge >= 0.3 is 0 Å². The zero-order chi connectivity index (χ0) is 8.20. The molecule has 0 aliphatic rings. The quantitative estimate of drug-likeness (QED) is 0.549. The summed E-state index contributed by atoms with van der Waals surface area (Å²) in [5.74, 6) is 0. The monoisotopic (exact) mass is 146 g/mol. The zero-order valence-corrected chi connectivity index (χ0v) is 7.09. The van der Waals surface area contributed by atoms with E-state index in [1.54, 1.807) is 6.92 Å². The molecule has 0 aliphatic carbocycles. The van der Waals surface area contributed by atoms with Crippen LogP contribution in [-0.2, 0) is 0 Å². The minimum atomic E-state index is -1.05. The predicted octanol–water partition coefficient (Wildman–Crippen LogP) is -0.00460. The molecule has 0 aromatic heterocycles. The Balaban J connectivity index is 3.63. The van der Waals surface area contributed by atoms with Crippen LogP contribution < -0.4 is 5.73 Å². The maximum Gasteiger partial charge on any atom is 0.123 e. The Morgan fingerprint density at radius 1 is 1.40 bits per heavy atom. The molecule has 0 saturated heterocycles. The Bertz CT molecular complexity index is 84.1. The maximum atomic E-state index is 9.19. The van der Waals surface area contributed by atoms with Crippen LogP contribution in [0.4, 0.5) is 0 Å². The Morgan fingerprint density at radius 2 is 1.80 bits per heavy atom. The van der Waals surface area contributed by atoms with Gasteiger partial charge < -0.3 is 10.8 Å². The van der Waals surface area contributed by atoms with Crippen LogP contribution in [-0.4, -0.2) is 35.4 Å². The van der Waals surface area contributed by atoms with E-state index >= 15 is 0 Å². The molecule has 62 valence electrons. The Kier molecular flexibility index (Phi) is 3.86. The van der Waals surface area contributed by atoms with Gasteiger partial charge in [-0.2, -0.15) is 0 Å². The van der Waals surface area contributed by atoms with Crippen molar-refractivity contribution >= 4 is 0 Å². The zero-order valence-electron chi connectivity index (χ0n) is 7.09. The van der Waals surface area contributed by atoms with E-state index in [9.17, 15) is 5.11 Å². The van der Waals surface area contributed by atoms with Gasteiger partial charge in [0.2, 0.25) is 0 Å². The van der Waals surface area contributed by atoms with Gasteiger partial charge in [0.05, 0.1) is 0 Å². The summed E-state index contributed by atoms with van der Waals surface area (Å²) in [7, 11) is 0. The number of hydrogen-bond donors (Lipinski definition) is 2. The summed E-state index contributed by atoms with van der Waals surface area (Å²) in [5, 5.41) is 9.19. The summed E-state index contributed by atoms with van der Waals surface area (Å²) in [6.45, 7) is 8.13. The summed E-state index contributed by atoms with van der Waals surface area (Å²) in [6, 6.07) is 0. The highest BCUT2D eigenvalue weighted by Gasteiger charge is 2.15. The van der Waals surface area contributed by atoms with Gasteiger partial charge in [0.15, 0.2) is 0 Å². The number of hydrogen-bond acceptors (Lipinski definition) is 3. The number of likely N-dealkylation sites (N-methyl/N-ethyl adjacent to an activating group) is 1. The standard InChI is InChI=1S/C7H18N2O/c1-4-9(5-2)6-7(3,8)10/h10H,4-6,8H2,1-3H3. The van der Waals surface area contributed by atoms with Crippen molar-refractivity contribution in [3.8, 4) is 0 Å². The molecule has 3 nitrogen and oxygen atoms in total. The van der Waals surface area contributed by atoms with Crippen LogP contribution in [0.2, 0.25) is 0 Å². The Hall–Kier alpha value is -0.120. The summed E-state index contributed by atoms with van der Waals surface area (Å²) < 4.78 is 0. The SMILES string of the molecule is CCN(CC)CC(C)(N)O. The van der Waals surface area contributed by atoms with E-state index in [-0.39, 0.29) is 0 Å². The van der Waals surface area contributed by atoms with E-state index in [0.717, 1.165) is 13.1 Å². The molecule has 3 N–H and O–H groups in total. The average molecular weight is 146 g/mol. The minimum Gasteiger partial charge on any atom is -0.375 e. The lowest BCUT2D eigenvalue weighted by Gasteiger charge is -2.26. The molecule has 0 rings (SSSR count). The fourth-order valence-electron chi connectivity index (χ4n) is 0.900. The third-order valence-electron chi connectivity index (χ3n) is 1.44. The summed E-state index contributed by atoms with van der Waals surface area (Å²) >= 11 is 0. The molecular weight excluding hydrogens is 128 g/mol. The first-order chi connectivity index (χ1) is 4.49. The van der Waals surface area contributed by atoms with Crippen molar-refractivity contribution < 1.29 is 5.11 Å². The molecule has 0 radical (unpaired) electrons. The fraction of sp³-hybridized carbons (Fsp3) is 1.00. The van der Waals surface area contributed by atoms with E-state index in [0.29, 0.717) is 6.54 Å². The molecule has 0 amide bonds. The van der Waals surface area contributed by atoms with Crippen LogP contribution in [0.5, 0.6) is 0 Å². The smallest absolute Gasteiger partial charge is 0.123 e. The molecule has 3 heteroatoms. The molecule has 0 saturated carbocycles. The molecular formula is C7H18N2O. The first-order valence-corrected chi connectivity index (χ1v) is 3.73. The lowest BCUT2D eigenvalue weighted by Crippen LogP contribution is -2.47. The van der Waals surface area contributed by atoms with E-state index in [2.05, 4.69) is 18.7 Å². The second-order valence-electron chi connectivity index (χ2n) is 2.82. The Morgan fingerprint density at radius 3 is 1.90 bits per heavy atom. The van der Waals surface area contributed by atoms with Crippen molar-refractivity contribution in [2.75, 3.05) is 19.6 Å². The molecule has 10 heavy (non-hydrogen) atoms. The number of rotatable bonds is 4. The minimum absolute atomic E-state index is 0.542. The lowest BCUT2D eigenvalue weighted by atomic mass is 10.2. The van der Waals surface area contributed by atoms with E-state index in [4.69, 9.17) is 5.73 Å². The van der Waals surface area contributed by atoms with Crippen LogP contribution in [0, 0.1) is 0 Å². The van der Waals surface area contributed by atoms with Gasteiger partial charge in [0.1, 0.15) is 5.72 Å².